The van der Waals surface area contributed by atoms with Crippen LogP contribution in [0.2, 0.25) is 0 Å². The molecule has 3 atom stereocenters. The lowest BCUT2D eigenvalue weighted by molar-refractivity contribution is -0.129. The second-order valence-corrected chi connectivity index (χ2v) is 6.32. The molecule has 0 aliphatic carbocycles. The number of ether oxygens (including phenoxy) is 1. The predicted octanol–water partition coefficient (Wildman–Crippen LogP) is 1.06. The monoisotopic (exact) mass is 321 g/mol. The Labute approximate surface area is 135 Å². The number of hydrogen-bond acceptors (Lipinski definition) is 4. The third-order valence-corrected chi connectivity index (χ3v) is 4.52. The molecule has 7 heteroatoms. The number of carbonyl (C=O) groups excluding carboxylic acids is 2. The zero-order chi connectivity index (χ0) is 16.4. The number of piperidine rings is 1. The number of urea groups is 1. The lowest BCUT2D eigenvalue weighted by atomic mass is 9.89. The van der Waals surface area contributed by atoms with Crippen molar-refractivity contribution in [2.24, 2.45) is 5.92 Å². The van der Waals surface area contributed by atoms with Gasteiger partial charge < -0.3 is 24.3 Å². The van der Waals surface area contributed by atoms with Crippen molar-refractivity contribution in [3.8, 4) is 0 Å². The second-order valence-electron chi connectivity index (χ2n) is 6.32. The van der Waals surface area contributed by atoms with Gasteiger partial charge >= 0.3 is 6.03 Å². The molecule has 23 heavy (non-hydrogen) atoms. The van der Waals surface area contributed by atoms with E-state index in [0.29, 0.717) is 31.9 Å². The molecule has 3 heterocycles. The van der Waals surface area contributed by atoms with E-state index in [0.717, 1.165) is 6.42 Å². The van der Waals surface area contributed by atoms with Crippen molar-refractivity contribution in [1.29, 1.82) is 0 Å². The van der Waals surface area contributed by atoms with E-state index in [2.05, 4.69) is 5.32 Å². The van der Waals surface area contributed by atoms with E-state index in [1.165, 1.54) is 0 Å². The second kappa shape index (κ2) is 6.62. The number of likely N-dealkylation sites (tertiary alicyclic amines) is 1. The number of nitrogens with one attached hydrogen (secondary N) is 1. The first-order valence-electron chi connectivity index (χ1n) is 7.96. The van der Waals surface area contributed by atoms with Crippen LogP contribution in [0.1, 0.15) is 18.6 Å². The minimum absolute atomic E-state index is 0.0491. The standard InChI is InChI=1S/C16H23N3O4/c1-18(2)16(21)19-10-11(8-14-13(19)5-7-23-14)15(20)17-9-12-4-3-6-22-12/h3-4,6,11,13-14H,5,7-10H2,1-2H3,(H,17,20)/t11-,13+,14+/m0/s1. The SMILES string of the molecule is CN(C)C(=O)N1C[C@@H](C(=O)NCc2ccco2)C[C@H]2OCC[C@H]21. The van der Waals surface area contributed by atoms with Crippen molar-refractivity contribution in [2.75, 3.05) is 27.2 Å². The molecule has 0 unspecified atom stereocenters. The van der Waals surface area contributed by atoms with Gasteiger partial charge in [0.15, 0.2) is 0 Å². The van der Waals surface area contributed by atoms with Gasteiger partial charge in [-0.25, -0.2) is 4.79 Å². The van der Waals surface area contributed by atoms with Gasteiger partial charge in [-0.05, 0) is 25.0 Å². The van der Waals surface area contributed by atoms with Gasteiger partial charge in [0.05, 0.1) is 30.9 Å². The third kappa shape index (κ3) is 3.34. The Kier molecular flexibility index (Phi) is 4.56. The lowest BCUT2D eigenvalue weighted by Gasteiger charge is -2.41. The fourth-order valence-electron chi connectivity index (χ4n) is 3.35. The van der Waals surface area contributed by atoms with Gasteiger partial charge in [-0.2, -0.15) is 0 Å². The molecule has 1 aromatic heterocycles. The molecule has 126 valence electrons. The van der Waals surface area contributed by atoms with Crippen LogP contribution >= 0.6 is 0 Å². The van der Waals surface area contributed by atoms with Crippen molar-refractivity contribution in [1.82, 2.24) is 15.1 Å². The van der Waals surface area contributed by atoms with Gasteiger partial charge in [0.1, 0.15) is 5.76 Å². The molecule has 2 aliphatic heterocycles. The maximum absolute atomic E-state index is 12.5. The molecule has 3 amide bonds. The number of amides is 3. The minimum atomic E-state index is -0.256. The zero-order valence-corrected chi connectivity index (χ0v) is 13.5. The molecule has 0 saturated carbocycles. The van der Waals surface area contributed by atoms with E-state index in [1.54, 1.807) is 36.2 Å². The van der Waals surface area contributed by atoms with Crippen LogP contribution in [0.3, 0.4) is 0 Å². The molecule has 1 aromatic rings. The van der Waals surface area contributed by atoms with Crippen molar-refractivity contribution in [2.45, 2.75) is 31.5 Å². The summed E-state index contributed by atoms with van der Waals surface area (Å²) in [6.07, 6.45) is 3.03. The van der Waals surface area contributed by atoms with Crippen LogP contribution < -0.4 is 5.32 Å². The van der Waals surface area contributed by atoms with Gasteiger partial charge in [0.2, 0.25) is 5.91 Å². The molecule has 0 spiro atoms. The Morgan fingerprint density at radius 3 is 2.96 bits per heavy atom. The van der Waals surface area contributed by atoms with Gasteiger partial charge in [0.25, 0.3) is 0 Å². The van der Waals surface area contributed by atoms with E-state index in [9.17, 15) is 9.59 Å². The molecule has 0 aromatic carbocycles. The van der Waals surface area contributed by atoms with Crippen LogP contribution in [0, 0.1) is 5.92 Å². The van der Waals surface area contributed by atoms with Crippen molar-refractivity contribution >= 4 is 11.9 Å². The smallest absolute Gasteiger partial charge is 0.319 e. The zero-order valence-electron chi connectivity index (χ0n) is 13.5. The van der Waals surface area contributed by atoms with E-state index in [4.69, 9.17) is 9.15 Å². The molecular weight excluding hydrogens is 298 g/mol. The van der Waals surface area contributed by atoms with Crippen LogP contribution in [-0.4, -0.2) is 61.1 Å². The first-order valence-corrected chi connectivity index (χ1v) is 7.96. The normalized spacial score (nSPS) is 26.7. The molecule has 3 rings (SSSR count). The number of hydrogen-bond donors (Lipinski definition) is 1. The topological polar surface area (TPSA) is 75.0 Å². The summed E-state index contributed by atoms with van der Waals surface area (Å²) < 4.78 is 11.0. The van der Waals surface area contributed by atoms with E-state index < -0.39 is 0 Å². The molecule has 2 aliphatic rings. The Balaban J connectivity index is 1.65. The van der Waals surface area contributed by atoms with Crippen LogP contribution in [0.5, 0.6) is 0 Å². The van der Waals surface area contributed by atoms with Crippen molar-refractivity contribution < 1.29 is 18.7 Å². The average Bonchev–Trinajstić information content (AvgIpc) is 3.21. The van der Waals surface area contributed by atoms with E-state index in [1.807, 2.05) is 6.07 Å². The number of furan rings is 1. The first-order chi connectivity index (χ1) is 11.1. The van der Waals surface area contributed by atoms with Crippen LogP contribution in [0.15, 0.2) is 22.8 Å². The highest BCUT2D eigenvalue weighted by Crippen LogP contribution is 2.32. The summed E-state index contributed by atoms with van der Waals surface area (Å²) in [6, 6.07) is 3.63. The Bertz CT molecular complexity index is 558. The maximum Gasteiger partial charge on any atom is 0.319 e. The summed E-state index contributed by atoms with van der Waals surface area (Å²) >= 11 is 0. The molecule has 1 N–H and O–H groups in total. The van der Waals surface area contributed by atoms with E-state index in [-0.39, 0.29) is 30.0 Å². The predicted molar refractivity (Wildman–Crippen MR) is 82.6 cm³/mol. The van der Waals surface area contributed by atoms with Crippen LogP contribution in [0.4, 0.5) is 4.79 Å². The van der Waals surface area contributed by atoms with Crippen molar-refractivity contribution in [3.63, 3.8) is 0 Å². The lowest BCUT2D eigenvalue weighted by Crippen LogP contribution is -2.57. The van der Waals surface area contributed by atoms with Gasteiger partial charge in [-0.15, -0.1) is 0 Å². The maximum atomic E-state index is 12.5. The van der Waals surface area contributed by atoms with Crippen molar-refractivity contribution in [3.05, 3.63) is 24.2 Å². The first kappa shape index (κ1) is 15.9. The Morgan fingerprint density at radius 1 is 1.43 bits per heavy atom. The molecule has 0 radical (unpaired) electrons. The van der Waals surface area contributed by atoms with Gasteiger partial charge in [0, 0.05) is 27.2 Å². The molecular formula is C16H23N3O4. The highest BCUT2D eigenvalue weighted by Gasteiger charge is 2.44. The van der Waals surface area contributed by atoms with Gasteiger partial charge in [-0.3, -0.25) is 4.79 Å². The van der Waals surface area contributed by atoms with Crippen LogP contribution in [-0.2, 0) is 16.1 Å². The molecule has 2 fully saturated rings. The number of rotatable bonds is 3. The summed E-state index contributed by atoms with van der Waals surface area (Å²) in [5.41, 5.74) is 0. The Hall–Kier alpha value is -2.02. The summed E-state index contributed by atoms with van der Waals surface area (Å²) in [7, 11) is 3.46. The minimum Gasteiger partial charge on any atom is -0.467 e. The number of carbonyl (C=O) groups is 2. The largest absolute Gasteiger partial charge is 0.467 e. The number of fused-ring (bicyclic) bond motifs is 1. The van der Waals surface area contributed by atoms with Crippen LogP contribution in [0.25, 0.3) is 0 Å². The number of nitrogens with zero attached hydrogens (tertiary/aromatic N) is 2. The highest BCUT2D eigenvalue weighted by atomic mass is 16.5. The Morgan fingerprint density at radius 2 is 2.26 bits per heavy atom. The summed E-state index contributed by atoms with van der Waals surface area (Å²) in [6.45, 7) is 1.44. The summed E-state index contributed by atoms with van der Waals surface area (Å²) in [4.78, 5) is 28.2. The average molecular weight is 321 g/mol. The molecule has 7 nitrogen and oxygen atoms in total. The quantitative estimate of drug-likeness (QED) is 0.903. The summed E-state index contributed by atoms with van der Waals surface area (Å²) in [5, 5.41) is 2.88. The third-order valence-electron chi connectivity index (χ3n) is 4.52. The highest BCUT2D eigenvalue weighted by molar-refractivity contribution is 5.81. The van der Waals surface area contributed by atoms with Gasteiger partial charge in [-0.1, -0.05) is 0 Å². The molecule has 2 saturated heterocycles. The molecule has 0 bridgehead atoms. The van der Waals surface area contributed by atoms with E-state index >= 15 is 0 Å². The fraction of sp³-hybridized carbons (Fsp3) is 0.625. The summed E-state index contributed by atoms with van der Waals surface area (Å²) in [5.74, 6) is 0.394. The fourth-order valence-corrected chi connectivity index (χ4v) is 3.35.